The third kappa shape index (κ3) is 2.64. The van der Waals surface area contributed by atoms with Crippen molar-refractivity contribution < 1.29 is 13.9 Å². The molecule has 0 saturated heterocycles. The van der Waals surface area contributed by atoms with Gasteiger partial charge in [0.2, 0.25) is 0 Å². The number of aliphatic hydroxyl groups is 1. The maximum absolute atomic E-state index is 13.1. The molecule has 0 heterocycles. The van der Waals surface area contributed by atoms with Gasteiger partial charge in [-0.1, -0.05) is 12.1 Å². The standard InChI is InChI=1S/C11H12F2O/c1-2-3-4-11(14)9-6-5-8(12)7-10(9)13/h2,5-7,11,14H,1,3-4H2. The van der Waals surface area contributed by atoms with Gasteiger partial charge < -0.3 is 5.11 Å². The van der Waals surface area contributed by atoms with E-state index in [0.717, 1.165) is 12.1 Å². The fourth-order valence-electron chi connectivity index (χ4n) is 1.20. The Hall–Kier alpha value is -1.22. The molecule has 1 nitrogen and oxygen atoms in total. The molecule has 0 aromatic heterocycles. The Balaban J connectivity index is 2.78. The van der Waals surface area contributed by atoms with Gasteiger partial charge in [-0.2, -0.15) is 0 Å². The number of benzene rings is 1. The first kappa shape index (κ1) is 10.9. The number of aliphatic hydroxyl groups excluding tert-OH is 1. The Bertz CT molecular complexity index is 323. The second-order valence-corrected chi connectivity index (χ2v) is 3.05. The lowest BCUT2D eigenvalue weighted by atomic mass is 10.0. The summed E-state index contributed by atoms with van der Waals surface area (Å²) in [6.07, 6.45) is 1.74. The van der Waals surface area contributed by atoms with Crippen LogP contribution in [0.15, 0.2) is 30.9 Å². The average Bonchev–Trinajstić information content (AvgIpc) is 2.14. The highest BCUT2D eigenvalue weighted by Crippen LogP contribution is 2.21. The molecular formula is C11H12F2O. The van der Waals surface area contributed by atoms with Gasteiger partial charge in [0.25, 0.3) is 0 Å². The highest BCUT2D eigenvalue weighted by molar-refractivity contribution is 5.20. The molecule has 1 rings (SSSR count). The van der Waals surface area contributed by atoms with Crippen LogP contribution in [-0.2, 0) is 0 Å². The summed E-state index contributed by atoms with van der Waals surface area (Å²) >= 11 is 0. The summed E-state index contributed by atoms with van der Waals surface area (Å²) in [5.74, 6) is -1.34. The van der Waals surface area contributed by atoms with Crippen LogP contribution in [0.25, 0.3) is 0 Å². The monoisotopic (exact) mass is 198 g/mol. The van der Waals surface area contributed by atoms with Crippen molar-refractivity contribution in [3.05, 3.63) is 48.1 Å². The third-order valence-electron chi connectivity index (χ3n) is 1.97. The molecule has 0 aliphatic carbocycles. The smallest absolute Gasteiger partial charge is 0.131 e. The van der Waals surface area contributed by atoms with Gasteiger partial charge in [0.05, 0.1) is 6.10 Å². The third-order valence-corrected chi connectivity index (χ3v) is 1.97. The van der Waals surface area contributed by atoms with Crippen LogP contribution in [0.2, 0.25) is 0 Å². The lowest BCUT2D eigenvalue weighted by Crippen LogP contribution is -2.00. The first-order valence-corrected chi connectivity index (χ1v) is 4.39. The lowest BCUT2D eigenvalue weighted by molar-refractivity contribution is 0.164. The van der Waals surface area contributed by atoms with Crippen molar-refractivity contribution in [3.63, 3.8) is 0 Å². The highest BCUT2D eigenvalue weighted by Gasteiger charge is 2.12. The maximum Gasteiger partial charge on any atom is 0.131 e. The van der Waals surface area contributed by atoms with E-state index in [1.165, 1.54) is 6.07 Å². The number of hydrogen-bond acceptors (Lipinski definition) is 1. The quantitative estimate of drug-likeness (QED) is 0.737. The molecule has 0 saturated carbocycles. The van der Waals surface area contributed by atoms with E-state index in [4.69, 9.17) is 0 Å². The molecule has 1 atom stereocenters. The van der Waals surface area contributed by atoms with Crippen LogP contribution in [-0.4, -0.2) is 5.11 Å². The van der Waals surface area contributed by atoms with E-state index in [1.54, 1.807) is 6.08 Å². The van der Waals surface area contributed by atoms with E-state index in [2.05, 4.69) is 6.58 Å². The van der Waals surface area contributed by atoms with Crippen LogP contribution in [0.4, 0.5) is 8.78 Å². The van der Waals surface area contributed by atoms with Crippen LogP contribution in [0.1, 0.15) is 24.5 Å². The lowest BCUT2D eigenvalue weighted by Gasteiger charge is -2.10. The molecule has 0 spiro atoms. The van der Waals surface area contributed by atoms with Crippen molar-refractivity contribution >= 4 is 0 Å². The van der Waals surface area contributed by atoms with E-state index in [9.17, 15) is 13.9 Å². The zero-order valence-corrected chi connectivity index (χ0v) is 7.71. The van der Waals surface area contributed by atoms with Gasteiger partial charge in [0, 0.05) is 11.6 Å². The van der Waals surface area contributed by atoms with Gasteiger partial charge in [-0.3, -0.25) is 0 Å². The molecule has 76 valence electrons. The van der Waals surface area contributed by atoms with Crippen LogP contribution >= 0.6 is 0 Å². The van der Waals surface area contributed by atoms with Gasteiger partial charge >= 0.3 is 0 Å². The largest absolute Gasteiger partial charge is 0.388 e. The fourth-order valence-corrected chi connectivity index (χ4v) is 1.20. The van der Waals surface area contributed by atoms with Gasteiger partial charge in [-0.05, 0) is 18.9 Å². The molecule has 0 bridgehead atoms. The van der Waals surface area contributed by atoms with Crippen molar-refractivity contribution in [2.24, 2.45) is 0 Å². The number of hydrogen-bond donors (Lipinski definition) is 1. The molecule has 1 aromatic rings. The molecule has 0 amide bonds. The summed E-state index contributed by atoms with van der Waals surface area (Å²) in [6.45, 7) is 3.50. The normalized spacial score (nSPS) is 12.5. The first-order chi connectivity index (χ1) is 6.65. The minimum absolute atomic E-state index is 0.133. The van der Waals surface area contributed by atoms with Crippen LogP contribution < -0.4 is 0 Å². The van der Waals surface area contributed by atoms with E-state index in [0.29, 0.717) is 12.8 Å². The zero-order valence-electron chi connectivity index (χ0n) is 7.71. The Morgan fingerprint density at radius 3 is 2.71 bits per heavy atom. The number of rotatable bonds is 4. The minimum Gasteiger partial charge on any atom is -0.388 e. The summed E-state index contributed by atoms with van der Waals surface area (Å²) in [6, 6.07) is 3.17. The number of allylic oxidation sites excluding steroid dienone is 1. The van der Waals surface area contributed by atoms with Crippen molar-refractivity contribution in [2.75, 3.05) is 0 Å². The van der Waals surface area contributed by atoms with Crippen molar-refractivity contribution in [2.45, 2.75) is 18.9 Å². The first-order valence-electron chi connectivity index (χ1n) is 4.39. The molecule has 0 radical (unpaired) electrons. The molecule has 1 N–H and O–H groups in total. The predicted molar refractivity (Wildman–Crippen MR) is 50.7 cm³/mol. The summed E-state index contributed by atoms with van der Waals surface area (Å²) in [5.41, 5.74) is 0.133. The molecule has 3 heteroatoms. The molecule has 0 aliphatic heterocycles. The SMILES string of the molecule is C=CCCC(O)c1ccc(F)cc1F. The topological polar surface area (TPSA) is 20.2 Å². The molecular weight excluding hydrogens is 186 g/mol. The van der Waals surface area contributed by atoms with Crippen molar-refractivity contribution in [3.8, 4) is 0 Å². The highest BCUT2D eigenvalue weighted by atomic mass is 19.1. The second-order valence-electron chi connectivity index (χ2n) is 3.05. The van der Waals surface area contributed by atoms with E-state index < -0.39 is 17.7 Å². The summed E-state index contributed by atoms with van der Waals surface area (Å²) < 4.78 is 25.6. The Labute approximate surface area is 81.7 Å². The summed E-state index contributed by atoms with van der Waals surface area (Å²) in [4.78, 5) is 0. The maximum atomic E-state index is 13.1. The van der Waals surface area contributed by atoms with Crippen LogP contribution in [0.3, 0.4) is 0 Å². The Kier molecular flexibility index (Phi) is 3.77. The van der Waals surface area contributed by atoms with Gasteiger partial charge in [0.1, 0.15) is 11.6 Å². The molecule has 0 aliphatic rings. The van der Waals surface area contributed by atoms with Gasteiger partial charge in [0.15, 0.2) is 0 Å². The Morgan fingerprint density at radius 1 is 1.43 bits per heavy atom. The number of halogens is 2. The average molecular weight is 198 g/mol. The molecule has 14 heavy (non-hydrogen) atoms. The fraction of sp³-hybridized carbons (Fsp3) is 0.273. The molecule has 1 unspecified atom stereocenters. The van der Waals surface area contributed by atoms with Gasteiger partial charge in [-0.25, -0.2) is 8.78 Å². The zero-order chi connectivity index (χ0) is 10.6. The summed E-state index contributed by atoms with van der Waals surface area (Å²) in [7, 11) is 0. The van der Waals surface area contributed by atoms with Crippen molar-refractivity contribution in [1.29, 1.82) is 0 Å². The van der Waals surface area contributed by atoms with Crippen LogP contribution in [0, 0.1) is 11.6 Å². The van der Waals surface area contributed by atoms with Crippen LogP contribution in [0.5, 0.6) is 0 Å². The summed E-state index contributed by atoms with van der Waals surface area (Å²) in [5, 5.41) is 9.51. The second kappa shape index (κ2) is 4.86. The van der Waals surface area contributed by atoms with E-state index in [-0.39, 0.29) is 5.56 Å². The predicted octanol–water partition coefficient (Wildman–Crippen LogP) is 2.96. The van der Waals surface area contributed by atoms with E-state index >= 15 is 0 Å². The van der Waals surface area contributed by atoms with Gasteiger partial charge in [-0.15, -0.1) is 6.58 Å². The van der Waals surface area contributed by atoms with E-state index in [1.807, 2.05) is 0 Å². The minimum atomic E-state index is -0.895. The Morgan fingerprint density at radius 2 is 2.14 bits per heavy atom. The molecule has 1 aromatic carbocycles. The van der Waals surface area contributed by atoms with Crippen molar-refractivity contribution in [1.82, 2.24) is 0 Å². The molecule has 0 fully saturated rings.